The molecule has 0 saturated carbocycles. The SMILES string of the molecule is O=C(CN1CCCS1(=O)=O)N1CCC(c2ccc(O)cc2)CC1. The number of likely N-dealkylation sites (tertiary alicyclic amines) is 1. The van der Waals surface area contributed by atoms with Gasteiger partial charge < -0.3 is 10.0 Å². The summed E-state index contributed by atoms with van der Waals surface area (Å²) in [6.45, 7) is 1.74. The molecule has 1 aromatic carbocycles. The van der Waals surface area contributed by atoms with E-state index < -0.39 is 10.0 Å². The van der Waals surface area contributed by atoms with Crippen LogP contribution in [-0.4, -0.2) is 60.6 Å². The third-order valence-corrected chi connectivity index (χ3v) is 6.63. The topological polar surface area (TPSA) is 77.9 Å². The van der Waals surface area contributed by atoms with E-state index in [-0.39, 0.29) is 24.0 Å². The molecular formula is C16H22N2O4S. The summed E-state index contributed by atoms with van der Waals surface area (Å²) in [4.78, 5) is 14.1. The van der Waals surface area contributed by atoms with Gasteiger partial charge in [0.15, 0.2) is 0 Å². The van der Waals surface area contributed by atoms with Crippen molar-refractivity contribution < 1.29 is 18.3 Å². The first kappa shape index (κ1) is 16.3. The minimum Gasteiger partial charge on any atom is -0.508 e. The molecule has 0 radical (unpaired) electrons. The molecule has 6 nitrogen and oxygen atoms in total. The Bertz CT molecular complexity index is 664. The van der Waals surface area contributed by atoms with E-state index in [2.05, 4.69) is 0 Å². The van der Waals surface area contributed by atoms with Gasteiger partial charge in [0, 0.05) is 19.6 Å². The Labute approximate surface area is 136 Å². The average molecular weight is 338 g/mol. The highest BCUT2D eigenvalue weighted by Gasteiger charge is 2.32. The molecule has 0 atom stereocenters. The summed E-state index contributed by atoms with van der Waals surface area (Å²) in [5.41, 5.74) is 1.18. The van der Waals surface area contributed by atoms with Crippen molar-refractivity contribution in [3.05, 3.63) is 29.8 Å². The van der Waals surface area contributed by atoms with Crippen LogP contribution in [0.5, 0.6) is 5.75 Å². The molecule has 2 saturated heterocycles. The Hall–Kier alpha value is -1.60. The summed E-state index contributed by atoms with van der Waals surface area (Å²) >= 11 is 0. The van der Waals surface area contributed by atoms with Crippen LogP contribution < -0.4 is 0 Å². The number of hydrogen-bond acceptors (Lipinski definition) is 4. The highest BCUT2D eigenvalue weighted by atomic mass is 32.2. The predicted octanol–water partition coefficient (Wildman–Crippen LogP) is 1.13. The predicted molar refractivity (Wildman–Crippen MR) is 86.6 cm³/mol. The van der Waals surface area contributed by atoms with E-state index in [9.17, 15) is 18.3 Å². The van der Waals surface area contributed by atoms with Gasteiger partial charge >= 0.3 is 0 Å². The molecule has 0 spiro atoms. The van der Waals surface area contributed by atoms with Crippen LogP contribution in [0.2, 0.25) is 0 Å². The van der Waals surface area contributed by atoms with Crippen LogP contribution in [0.15, 0.2) is 24.3 Å². The fourth-order valence-corrected chi connectivity index (χ4v) is 4.79. The van der Waals surface area contributed by atoms with Gasteiger partial charge in [-0.2, -0.15) is 4.31 Å². The number of carbonyl (C=O) groups excluding carboxylic acids is 1. The Morgan fingerprint density at radius 2 is 1.78 bits per heavy atom. The molecule has 2 heterocycles. The first-order valence-corrected chi connectivity index (χ1v) is 9.61. The fraction of sp³-hybridized carbons (Fsp3) is 0.562. The van der Waals surface area contributed by atoms with Crippen molar-refractivity contribution in [1.29, 1.82) is 0 Å². The second-order valence-corrected chi connectivity index (χ2v) is 8.34. The first-order valence-electron chi connectivity index (χ1n) is 8.00. The highest BCUT2D eigenvalue weighted by Crippen LogP contribution is 2.29. The van der Waals surface area contributed by atoms with Gasteiger partial charge in [0.05, 0.1) is 12.3 Å². The van der Waals surface area contributed by atoms with E-state index in [0.717, 1.165) is 12.8 Å². The van der Waals surface area contributed by atoms with Gasteiger partial charge in [-0.05, 0) is 42.9 Å². The van der Waals surface area contributed by atoms with Gasteiger partial charge in [0.1, 0.15) is 5.75 Å². The number of aromatic hydroxyl groups is 1. The zero-order valence-electron chi connectivity index (χ0n) is 13.0. The Kier molecular flexibility index (Phi) is 4.59. The molecule has 0 aliphatic carbocycles. The maximum Gasteiger partial charge on any atom is 0.237 e. The standard InChI is InChI=1S/C16H22N2O4S/c19-15-4-2-13(3-5-15)14-6-9-17(10-7-14)16(20)12-18-8-1-11-23(18,21)22/h2-5,14,19H,1,6-12H2. The zero-order valence-corrected chi connectivity index (χ0v) is 13.8. The molecule has 1 aromatic rings. The summed E-state index contributed by atoms with van der Waals surface area (Å²) in [5, 5.41) is 9.34. The summed E-state index contributed by atoms with van der Waals surface area (Å²) in [6, 6.07) is 7.22. The van der Waals surface area contributed by atoms with Crippen molar-refractivity contribution in [2.24, 2.45) is 0 Å². The zero-order chi connectivity index (χ0) is 16.4. The lowest BCUT2D eigenvalue weighted by atomic mass is 9.89. The molecular weight excluding hydrogens is 316 g/mol. The molecule has 0 unspecified atom stereocenters. The normalized spacial score (nSPS) is 22.3. The second kappa shape index (κ2) is 6.49. The third-order valence-electron chi connectivity index (χ3n) is 4.73. The summed E-state index contributed by atoms with van der Waals surface area (Å²) in [5.74, 6) is 0.700. The van der Waals surface area contributed by atoms with Crippen LogP contribution in [-0.2, 0) is 14.8 Å². The van der Waals surface area contributed by atoms with E-state index in [4.69, 9.17) is 0 Å². The quantitative estimate of drug-likeness (QED) is 0.896. The minimum absolute atomic E-state index is 0.0216. The van der Waals surface area contributed by atoms with Crippen LogP contribution in [0.25, 0.3) is 0 Å². The summed E-state index contributed by atoms with van der Waals surface area (Å²) in [6.07, 6.45) is 2.34. The molecule has 23 heavy (non-hydrogen) atoms. The number of hydrogen-bond donors (Lipinski definition) is 1. The van der Waals surface area contributed by atoms with Crippen LogP contribution in [0.4, 0.5) is 0 Å². The molecule has 2 aliphatic heterocycles. The Morgan fingerprint density at radius 1 is 1.13 bits per heavy atom. The highest BCUT2D eigenvalue weighted by molar-refractivity contribution is 7.89. The fourth-order valence-electron chi connectivity index (χ4n) is 3.33. The third kappa shape index (κ3) is 3.67. The number of phenolic OH excluding ortho intramolecular Hbond substituents is 1. The lowest BCUT2D eigenvalue weighted by Crippen LogP contribution is -2.44. The molecule has 7 heteroatoms. The van der Waals surface area contributed by atoms with Crippen molar-refractivity contribution in [3.63, 3.8) is 0 Å². The van der Waals surface area contributed by atoms with Gasteiger partial charge in [-0.1, -0.05) is 12.1 Å². The van der Waals surface area contributed by atoms with E-state index >= 15 is 0 Å². The van der Waals surface area contributed by atoms with Crippen molar-refractivity contribution in [2.45, 2.75) is 25.2 Å². The largest absolute Gasteiger partial charge is 0.508 e. The van der Waals surface area contributed by atoms with E-state index in [1.807, 2.05) is 12.1 Å². The molecule has 2 fully saturated rings. The van der Waals surface area contributed by atoms with Gasteiger partial charge in [0.25, 0.3) is 0 Å². The van der Waals surface area contributed by atoms with Crippen LogP contribution in [0, 0.1) is 0 Å². The maximum atomic E-state index is 12.3. The molecule has 0 bridgehead atoms. The van der Waals surface area contributed by atoms with Crippen LogP contribution in [0.1, 0.15) is 30.7 Å². The first-order chi connectivity index (χ1) is 11.0. The van der Waals surface area contributed by atoms with Gasteiger partial charge in [0.2, 0.25) is 15.9 Å². The number of amides is 1. The van der Waals surface area contributed by atoms with Gasteiger partial charge in [-0.25, -0.2) is 8.42 Å². The van der Waals surface area contributed by atoms with Crippen LogP contribution in [0.3, 0.4) is 0 Å². The monoisotopic (exact) mass is 338 g/mol. The Morgan fingerprint density at radius 3 is 2.35 bits per heavy atom. The van der Waals surface area contributed by atoms with E-state index in [1.165, 1.54) is 9.87 Å². The molecule has 0 aromatic heterocycles. The van der Waals surface area contributed by atoms with E-state index in [1.54, 1.807) is 17.0 Å². The number of rotatable bonds is 3. The number of sulfonamides is 1. The van der Waals surface area contributed by atoms with Gasteiger partial charge in [-0.15, -0.1) is 0 Å². The number of phenols is 1. The van der Waals surface area contributed by atoms with Crippen molar-refractivity contribution in [1.82, 2.24) is 9.21 Å². The van der Waals surface area contributed by atoms with Crippen molar-refractivity contribution in [3.8, 4) is 5.75 Å². The van der Waals surface area contributed by atoms with Crippen LogP contribution >= 0.6 is 0 Å². The number of nitrogens with zero attached hydrogens (tertiary/aromatic N) is 2. The Balaban J connectivity index is 1.54. The van der Waals surface area contributed by atoms with E-state index in [0.29, 0.717) is 32.0 Å². The van der Waals surface area contributed by atoms with Crippen molar-refractivity contribution in [2.75, 3.05) is 31.9 Å². The lowest BCUT2D eigenvalue weighted by molar-refractivity contribution is -0.132. The molecule has 126 valence electrons. The number of carbonyl (C=O) groups is 1. The molecule has 2 aliphatic rings. The minimum atomic E-state index is -3.22. The molecule has 1 amide bonds. The maximum absolute atomic E-state index is 12.3. The smallest absolute Gasteiger partial charge is 0.237 e. The molecule has 3 rings (SSSR count). The number of piperidine rings is 1. The van der Waals surface area contributed by atoms with Crippen molar-refractivity contribution >= 4 is 15.9 Å². The average Bonchev–Trinajstić information content (AvgIpc) is 2.87. The summed E-state index contributed by atoms with van der Waals surface area (Å²) < 4.78 is 24.9. The summed E-state index contributed by atoms with van der Waals surface area (Å²) in [7, 11) is -3.22. The number of benzene rings is 1. The van der Waals surface area contributed by atoms with Gasteiger partial charge in [-0.3, -0.25) is 4.79 Å². The lowest BCUT2D eigenvalue weighted by Gasteiger charge is -2.33. The molecule has 1 N–H and O–H groups in total. The second-order valence-electron chi connectivity index (χ2n) is 6.25.